The fourth-order valence-corrected chi connectivity index (χ4v) is 3.81. The van der Waals surface area contributed by atoms with E-state index in [0.29, 0.717) is 43.1 Å². The molecule has 3 aromatic rings. The highest BCUT2D eigenvalue weighted by molar-refractivity contribution is 6.32. The first-order valence-electron chi connectivity index (χ1n) is 10.5. The molecule has 33 heavy (non-hydrogen) atoms. The van der Waals surface area contributed by atoms with Crippen LogP contribution in [-0.4, -0.2) is 47.9 Å². The van der Waals surface area contributed by atoms with Gasteiger partial charge in [-0.05, 0) is 36.4 Å². The van der Waals surface area contributed by atoms with Crippen LogP contribution in [0.3, 0.4) is 0 Å². The molecule has 1 saturated heterocycles. The summed E-state index contributed by atoms with van der Waals surface area (Å²) in [5.74, 6) is -1.26. The molecule has 1 aliphatic rings. The number of para-hydroxylation sites is 2. The van der Waals surface area contributed by atoms with Crippen LogP contribution in [0, 0.1) is 5.82 Å². The fraction of sp³-hybridized carbons (Fsp3) is 0.160. The van der Waals surface area contributed by atoms with Gasteiger partial charge in [0.1, 0.15) is 16.5 Å². The van der Waals surface area contributed by atoms with E-state index in [1.165, 1.54) is 18.3 Å². The summed E-state index contributed by atoms with van der Waals surface area (Å²) in [5.41, 5.74) is 1.50. The van der Waals surface area contributed by atoms with E-state index in [9.17, 15) is 14.0 Å². The summed E-state index contributed by atoms with van der Waals surface area (Å²) in [4.78, 5) is 34.0. The molecule has 0 saturated carbocycles. The van der Waals surface area contributed by atoms with Gasteiger partial charge in [-0.15, -0.1) is 0 Å². The van der Waals surface area contributed by atoms with Crippen LogP contribution < -0.4 is 10.2 Å². The zero-order valence-corrected chi connectivity index (χ0v) is 18.5. The van der Waals surface area contributed by atoms with Crippen molar-refractivity contribution in [3.8, 4) is 0 Å². The Morgan fingerprint density at radius 1 is 0.939 bits per heavy atom. The number of anilines is 2. The largest absolute Gasteiger partial charge is 0.366 e. The third-order valence-corrected chi connectivity index (χ3v) is 5.67. The van der Waals surface area contributed by atoms with Gasteiger partial charge in [0.05, 0.1) is 5.69 Å². The number of nitrogens with one attached hydrogen (secondary N) is 1. The van der Waals surface area contributed by atoms with Crippen LogP contribution in [0.5, 0.6) is 0 Å². The molecule has 2 amide bonds. The molecular formula is C25H22ClFN4O2. The predicted octanol–water partition coefficient (Wildman–Crippen LogP) is 4.25. The van der Waals surface area contributed by atoms with Crippen molar-refractivity contribution in [3.63, 3.8) is 0 Å². The van der Waals surface area contributed by atoms with E-state index >= 15 is 0 Å². The second-order valence-corrected chi connectivity index (χ2v) is 7.85. The van der Waals surface area contributed by atoms with Gasteiger partial charge in [-0.1, -0.05) is 48.0 Å². The number of halogens is 2. The fourth-order valence-electron chi connectivity index (χ4n) is 3.63. The molecule has 1 aromatic heterocycles. The zero-order chi connectivity index (χ0) is 23.2. The first-order chi connectivity index (χ1) is 16.0. The molecule has 0 radical (unpaired) electrons. The number of carbonyl (C=O) groups is 2. The summed E-state index contributed by atoms with van der Waals surface area (Å²) in [6.45, 7) is 1.61. The number of benzene rings is 2. The lowest BCUT2D eigenvalue weighted by Gasteiger charge is -2.36. The molecule has 0 atom stereocenters. The SMILES string of the molecule is O=C(Nc1ccccc1)/C(=C\c1cccnc1Cl)C(=O)N1CCN(c2ccccc2F)CC1. The van der Waals surface area contributed by atoms with Crippen LogP contribution in [0.4, 0.5) is 15.8 Å². The molecule has 4 rings (SSSR count). The molecule has 8 heteroatoms. The minimum Gasteiger partial charge on any atom is -0.366 e. The normalized spacial score (nSPS) is 14.2. The molecular weight excluding hydrogens is 443 g/mol. The monoisotopic (exact) mass is 464 g/mol. The minimum atomic E-state index is -0.539. The summed E-state index contributed by atoms with van der Waals surface area (Å²) in [7, 11) is 0. The van der Waals surface area contributed by atoms with E-state index in [-0.39, 0.29) is 16.5 Å². The van der Waals surface area contributed by atoms with E-state index in [1.807, 2.05) is 11.0 Å². The molecule has 0 spiro atoms. The van der Waals surface area contributed by atoms with Crippen molar-refractivity contribution in [1.82, 2.24) is 9.88 Å². The van der Waals surface area contributed by atoms with E-state index < -0.39 is 11.8 Å². The summed E-state index contributed by atoms with van der Waals surface area (Å²) in [6.07, 6.45) is 2.99. The average Bonchev–Trinajstić information content (AvgIpc) is 2.84. The third-order valence-electron chi connectivity index (χ3n) is 5.35. The minimum absolute atomic E-state index is 0.0481. The number of pyridine rings is 1. The van der Waals surface area contributed by atoms with Crippen LogP contribution in [0.2, 0.25) is 5.15 Å². The molecule has 168 valence electrons. The van der Waals surface area contributed by atoms with Gasteiger partial charge in [-0.2, -0.15) is 0 Å². The zero-order valence-electron chi connectivity index (χ0n) is 17.7. The number of hydrogen-bond donors (Lipinski definition) is 1. The maximum atomic E-state index is 14.1. The van der Waals surface area contributed by atoms with Gasteiger partial charge in [0, 0.05) is 43.6 Å². The van der Waals surface area contributed by atoms with Gasteiger partial charge in [0.2, 0.25) is 0 Å². The Labute approximate surface area is 196 Å². The molecule has 2 aromatic carbocycles. The number of piperazine rings is 1. The van der Waals surface area contributed by atoms with Crippen molar-refractivity contribution >= 4 is 40.9 Å². The summed E-state index contributed by atoms with van der Waals surface area (Å²) >= 11 is 6.17. The maximum Gasteiger partial charge on any atom is 0.261 e. The Hall–Kier alpha value is -3.71. The van der Waals surface area contributed by atoms with E-state index in [2.05, 4.69) is 10.3 Å². The van der Waals surface area contributed by atoms with Crippen molar-refractivity contribution < 1.29 is 14.0 Å². The second kappa shape index (κ2) is 10.3. The third kappa shape index (κ3) is 5.38. The first-order valence-corrected chi connectivity index (χ1v) is 10.9. The van der Waals surface area contributed by atoms with Crippen LogP contribution >= 0.6 is 11.6 Å². The Bertz CT molecular complexity index is 1180. The smallest absolute Gasteiger partial charge is 0.261 e. The molecule has 2 heterocycles. The summed E-state index contributed by atoms with van der Waals surface area (Å²) in [5, 5.41) is 2.96. The Morgan fingerprint density at radius 3 is 2.33 bits per heavy atom. The Kier molecular flexibility index (Phi) is 7.00. The molecule has 6 nitrogen and oxygen atoms in total. The molecule has 1 N–H and O–H groups in total. The average molecular weight is 465 g/mol. The lowest BCUT2D eigenvalue weighted by molar-refractivity contribution is -0.129. The van der Waals surface area contributed by atoms with E-state index in [4.69, 9.17) is 11.6 Å². The highest BCUT2D eigenvalue weighted by Gasteiger charge is 2.28. The topological polar surface area (TPSA) is 65.5 Å². The second-order valence-electron chi connectivity index (χ2n) is 7.49. The Balaban J connectivity index is 1.55. The summed E-state index contributed by atoms with van der Waals surface area (Å²) < 4.78 is 14.1. The maximum absolute atomic E-state index is 14.1. The van der Waals surface area contributed by atoms with Gasteiger partial charge >= 0.3 is 0 Å². The van der Waals surface area contributed by atoms with Gasteiger partial charge in [-0.3, -0.25) is 9.59 Å². The first kappa shape index (κ1) is 22.5. The van der Waals surface area contributed by atoms with Crippen molar-refractivity contribution in [2.24, 2.45) is 0 Å². The summed E-state index contributed by atoms with van der Waals surface area (Å²) in [6, 6.07) is 18.8. The van der Waals surface area contributed by atoms with Crippen molar-refractivity contribution in [1.29, 1.82) is 0 Å². The van der Waals surface area contributed by atoms with Gasteiger partial charge in [0.15, 0.2) is 0 Å². The van der Waals surface area contributed by atoms with Crippen molar-refractivity contribution in [2.45, 2.75) is 0 Å². The number of nitrogens with zero attached hydrogens (tertiary/aromatic N) is 3. The van der Waals surface area contributed by atoms with Gasteiger partial charge < -0.3 is 15.1 Å². The highest BCUT2D eigenvalue weighted by atomic mass is 35.5. The van der Waals surface area contributed by atoms with Crippen molar-refractivity contribution in [2.75, 3.05) is 36.4 Å². The molecule has 0 bridgehead atoms. The van der Waals surface area contributed by atoms with E-state index in [0.717, 1.165) is 0 Å². The lowest BCUT2D eigenvalue weighted by Crippen LogP contribution is -2.50. The van der Waals surface area contributed by atoms with E-state index in [1.54, 1.807) is 59.5 Å². The molecule has 0 unspecified atom stereocenters. The number of amides is 2. The van der Waals surface area contributed by atoms with Crippen molar-refractivity contribution in [3.05, 3.63) is 95.0 Å². The van der Waals surface area contributed by atoms with Crippen LogP contribution in [0.1, 0.15) is 5.56 Å². The standard InChI is InChI=1S/C25H22ClFN4O2/c26-23-18(7-6-12-28-23)17-20(24(32)29-19-8-2-1-3-9-19)25(33)31-15-13-30(14-16-31)22-11-5-4-10-21(22)27/h1-12,17H,13-16H2,(H,29,32)/b20-17+. The Morgan fingerprint density at radius 2 is 1.64 bits per heavy atom. The molecule has 1 aliphatic heterocycles. The number of hydrogen-bond acceptors (Lipinski definition) is 4. The highest BCUT2D eigenvalue weighted by Crippen LogP contribution is 2.22. The van der Waals surface area contributed by atoms with Crippen LogP contribution in [-0.2, 0) is 9.59 Å². The molecule has 0 aliphatic carbocycles. The van der Waals surface area contributed by atoms with Crippen LogP contribution in [0.25, 0.3) is 6.08 Å². The molecule has 1 fully saturated rings. The number of carbonyl (C=O) groups excluding carboxylic acids is 2. The number of aromatic nitrogens is 1. The quantitative estimate of drug-likeness (QED) is 0.265. The lowest BCUT2D eigenvalue weighted by atomic mass is 10.1. The van der Waals surface area contributed by atoms with Gasteiger partial charge in [0.25, 0.3) is 11.8 Å². The van der Waals surface area contributed by atoms with Gasteiger partial charge in [-0.25, -0.2) is 9.37 Å². The number of rotatable bonds is 5. The van der Waals surface area contributed by atoms with Crippen LogP contribution in [0.15, 0.2) is 78.5 Å². The predicted molar refractivity (Wildman–Crippen MR) is 127 cm³/mol.